The maximum absolute atomic E-state index is 13.2. The number of nitrogens with one attached hydrogen (secondary N) is 2. The molecule has 2 aromatic rings. The normalized spacial score (nSPS) is 12.8. The van der Waals surface area contributed by atoms with Crippen molar-refractivity contribution in [1.82, 2.24) is 30.1 Å². The maximum atomic E-state index is 13.2. The number of ketones is 1. The number of carbonyl (C=O) groups is 3. The Bertz CT molecular complexity index is 1120. The lowest BCUT2D eigenvalue weighted by atomic mass is 10.1. The Morgan fingerprint density at radius 2 is 1.95 bits per heavy atom. The average Bonchev–Trinajstić information content (AvgIpc) is 3.28. The highest BCUT2D eigenvalue weighted by Gasteiger charge is 2.29. The molecule has 0 aromatic carbocycles. The summed E-state index contributed by atoms with van der Waals surface area (Å²) in [5.74, 6) is -2.37. The van der Waals surface area contributed by atoms with Crippen LogP contribution in [0.1, 0.15) is 62.9 Å². The molecule has 0 bridgehead atoms. The molecule has 3 N–H and O–H groups in total. The Labute approximate surface area is 219 Å². The van der Waals surface area contributed by atoms with E-state index in [2.05, 4.69) is 30.6 Å². The second kappa shape index (κ2) is 15.5. The molecule has 1 amide bonds. The zero-order valence-corrected chi connectivity index (χ0v) is 22.0. The number of Topliss-reactive ketones (excluding diaryl/α,β-unsaturated/α-hetero) is 1. The number of aromatic nitrogens is 4. The van der Waals surface area contributed by atoms with Crippen LogP contribution in [-0.2, 0) is 20.9 Å². The molecule has 0 saturated carbocycles. The summed E-state index contributed by atoms with van der Waals surface area (Å²) in [6.45, 7) is 3.69. The zero-order chi connectivity index (χ0) is 28.1. The molecule has 14 heteroatoms. The summed E-state index contributed by atoms with van der Waals surface area (Å²) >= 11 is 0. The third-order valence-corrected chi connectivity index (χ3v) is 6.00. The summed E-state index contributed by atoms with van der Waals surface area (Å²) in [5.41, 5.74) is 0.472. The Morgan fingerprint density at radius 3 is 2.58 bits per heavy atom. The van der Waals surface area contributed by atoms with Crippen LogP contribution in [0.2, 0.25) is 0 Å². The third-order valence-electron chi connectivity index (χ3n) is 6.00. The molecular weight excluding hydrogens is 501 g/mol. The van der Waals surface area contributed by atoms with Gasteiger partial charge in [-0.05, 0) is 39.8 Å². The van der Waals surface area contributed by atoms with Gasteiger partial charge in [0.1, 0.15) is 17.4 Å². The molecule has 2 aromatic heterocycles. The standard InChI is InChI=1S/C24H36FN7O6/c1-4-19(32-12-10-26-22(24(32)37)27-14-18-16(2)29-38-30-18)23(36)28-17(13-21(34)35)20(33)15-31(3)11-8-6-5-7-9-25/h10,12,17,19H,4-9,11,13-15H2,1-3H3,(H,26,27)(H,28,36)(H,34,35). The van der Waals surface area contributed by atoms with Crippen LogP contribution in [0.15, 0.2) is 21.8 Å². The van der Waals surface area contributed by atoms with Gasteiger partial charge in [-0.2, -0.15) is 0 Å². The molecule has 0 saturated heterocycles. The number of rotatable bonds is 18. The lowest BCUT2D eigenvalue weighted by Gasteiger charge is -2.24. The molecule has 38 heavy (non-hydrogen) atoms. The van der Waals surface area contributed by atoms with Crippen molar-refractivity contribution in [3.05, 3.63) is 34.1 Å². The van der Waals surface area contributed by atoms with Crippen LogP contribution < -0.4 is 16.2 Å². The number of carboxylic acids is 1. The first-order chi connectivity index (χ1) is 18.2. The summed E-state index contributed by atoms with van der Waals surface area (Å²) in [6.07, 6.45) is 5.18. The van der Waals surface area contributed by atoms with Gasteiger partial charge in [0.2, 0.25) is 5.91 Å². The van der Waals surface area contributed by atoms with Gasteiger partial charge in [0.25, 0.3) is 5.56 Å². The van der Waals surface area contributed by atoms with Crippen molar-refractivity contribution in [3.8, 4) is 0 Å². The quantitative estimate of drug-likeness (QED) is 0.235. The van der Waals surface area contributed by atoms with Crippen LogP contribution in [0.4, 0.5) is 10.2 Å². The van der Waals surface area contributed by atoms with E-state index in [9.17, 15) is 28.7 Å². The number of carbonyl (C=O) groups excluding carboxylic acids is 2. The van der Waals surface area contributed by atoms with Crippen molar-refractivity contribution < 1.29 is 28.5 Å². The molecule has 0 aliphatic carbocycles. The monoisotopic (exact) mass is 537 g/mol. The van der Waals surface area contributed by atoms with Crippen LogP contribution in [0.5, 0.6) is 0 Å². The van der Waals surface area contributed by atoms with Crippen LogP contribution in [-0.4, -0.2) is 80.4 Å². The molecule has 0 fully saturated rings. The number of hydrogen-bond acceptors (Lipinski definition) is 10. The Morgan fingerprint density at radius 1 is 1.21 bits per heavy atom. The third kappa shape index (κ3) is 9.32. The number of hydrogen-bond donors (Lipinski definition) is 3. The van der Waals surface area contributed by atoms with Crippen LogP contribution in [0.3, 0.4) is 0 Å². The van der Waals surface area contributed by atoms with Gasteiger partial charge in [-0.3, -0.25) is 33.0 Å². The molecule has 2 rings (SSSR count). The highest BCUT2D eigenvalue weighted by molar-refractivity contribution is 5.93. The van der Waals surface area contributed by atoms with Crippen LogP contribution in [0, 0.1) is 6.92 Å². The van der Waals surface area contributed by atoms with Gasteiger partial charge in [-0.25, -0.2) is 9.61 Å². The minimum Gasteiger partial charge on any atom is -0.481 e. The summed E-state index contributed by atoms with van der Waals surface area (Å²) in [5, 5.41) is 22.1. The van der Waals surface area contributed by atoms with Crippen LogP contribution >= 0.6 is 0 Å². The number of amides is 1. The van der Waals surface area contributed by atoms with Crippen molar-refractivity contribution in [2.24, 2.45) is 0 Å². The SMILES string of the molecule is CCC(C(=O)NC(CC(=O)O)C(=O)CN(C)CCCCCCF)n1ccnc(NCc2nonc2C)c1=O. The molecule has 2 heterocycles. The summed E-state index contributed by atoms with van der Waals surface area (Å²) in [6, 6.07) is -2.26. The van der Waals surface area contributed by atoms with E-state index in [0.29, 0.717) is 24.4 Å². The van der Waals surface area contributed by atoms with E-state index in [0.717, 1.165) is 19.3 Å². The summed E-state index contributed by atoms with van der Waals surface area (Å²) < 4.78 is 18.0. The predicted octanol–water partition coefficient (Wildman–Crippen LogP) is 1.49. The zero-order valence-electron chi connectivity index (χ0n) is 22.0. The van der Waals surface area contributed by atoms with Crippen molar-refractivity contribution in [3.63, 3.8) is 0 Å². The van der Waals surface area contributed by atoms with Gasteiger partial charge in [0, 0.05) is 12.4 Å². The highest BCUT2D eigenvalue weighted by Crippen LogP contribution is 2.12. The van der Waals surface area contributed by atoms with Gasteiger partial charge in [-0.15, -0.1) is 0 Å². The Balaban J connectivity index is 2.08. The number of carboxylic acid groups (broad SMARTS) is 1. The smallest absolute Gasteiger partial charge is 0.305 e. The number of unbranched alkanes of at least 4 members (excludes halogenated alkanes) is 3. The topological polar surface area (TPSA) is 173 Å². The van der Waals surface area contributed by atoms with Crippen molar-refractivity contribution in [2.75, 3.05) is 32.1 Å². The molecule has 0 radical (unpaired) electrons. The molecule has 0 aliphatic heterocycles. The first-order valence-corrected chi connectivity index (χ1v) is 12.6. The summed E-state index contributed by atoms with van der Waals surface area (Å²) in [7, 11) is 1.73. The van der Waals surface area contributed by atoms with Crippen molar-refractivity contribution in [2.45, 2.75) is 71.0 Å². The first-order valence-electron chi connectivity index (χ1n) is 12.6. The Kier molecular flexibility index (Phi) is 12.5. The molecule has 2 atom stereocenters. The van der Waals surface area contributed by atoms with E-state index < -0.39 is 41.7 Å². The van der Waals surface area contributed by atoms with E-state index in [1.54, 1.807) is 25.8 Å². The highest BCUT2D eigenvalue weighted by atomic mass is 19.1. The van der Waals surface area contributed by atoms with Crippen LogP contribution in [0.25, 0.3) is 0 Å². The number of likely N-dealkylation sites (N-methyl/N-ethyl adjacent to an activating group) is 1. The fraction of sp³-hybridized carbons (Fsp3) is 0.625. The lowest BCUT2D eigenvalue weighted by Crippen LogP contribution is -2.49. The molecule has 13 nitrogen and oxygen atoms in total. The lowest BCUT2D eigenvalue weighted by molar-refractivity contribution is -0.140. The first kappa shape index (κ1) is 30.5. The van der Waals surface area contributed by atoms with E-state index in [1.807, 2.05) is 0 Å². The molecule has 210 valence electrons. The number of alkyl halides is 1. The van der Waals surface area contributed by atoms with Crippen molar-refractivity contribution >= 4 is 23.5 Å². The molecule has 2 unspecified atom stereocenters. The Hall–Kier alpha value is -3.68. The van der Waals surface area contributed by atoms with Gasteiger partial charge >= 0.3 is 5.97 Å². The fourth-order valence-corrected chi connectivity index (χ4v) is 3.85. The number of halogens is 1. The molecular formula is C24H36FN7O6. The fourth-order valence-electron chi connectivity index (χ4n) is 3.85. The van der Waals surface area contributed by atoms with Crippen molar-refractivity contribution in [1.29, 1.82) is 0 Å². The number of aliphatic carboxylic acids is 1. The largest absolute Gasteiger partial charge is 0.481 e. The second-order valence-electron chi connectivity index (χ2n) is 9.03. The van der Waals surface area contributed by atoms with E-state index in [4.69, 9.17) is 0 Å². The number of aryl methyl sites for hydroxylation is 1. The van der Waals surface area contributed by atoms with Gasteiger partial charge in [0.05, 0.1) is 32.2 Å². The number of nitrogens with zero attached hydrogens (tertiary/aromatic N) is 5. The number of anilines is 1. The van der Waals surface area contributed by atoms with E-state index >= 15 is 0 Å². The van der Waals surface area contributed by atoms with Gasteiger partial charge in [0.15, 0.2) is 11.6 Å². The van der Waals surface area contributed by atoms with E-state index in [-0.39, 0.29) is 32.0 Å². The van der Waals surface area contributed by atoms with Gasteiger partial charge < -0.3 is 15.7 Å². The maximum Gasteiger partial charge on any atom is 0.305 e. The minimum absolute atomic E-state index is 0.0209. The second-order valence-corrected chi connectivity index (χ2v) is 9.03. The molecule has 0 aliphatic rings. The van der Waals surface area contributed by atoms with E-state index in [1.165, 1.54) is 17.0 Å². The predicted molar refractivity (Wildman–Crippen MR) is 135 cm³/mol. The summed E-state index contributed by atoms with van der Waals surface area (Å²) in [4.78, 5) is 56.3. The van der Waals surface area contributed by atoms with Gasteiger partial charge in [-0.1, -0.05) is 30.1 Å². The molecule has 0 spiro atoms. The average molecular weight is 538 g/mol. The minimum atomic E-state index is -1.26.